The van der Waals surface area contributed by atoms with E-state index in [4.69, 9.17) is 19.9 Å². The Morgan fingerprint density at radius 1 is 0.340 bits per heavy atom. The molecule has 0 aliphatic heterocycles. The van der Waals surface area contributed by atoms with E-state index in [0.29, 0.717) is 5.82 Å². The first kappa shape index (κ1) is 32.4. The maximum absolute atomic E-state index is 5.23. The van der Waals surface area contributed by atoms with Crippen LogP contribution in [-0.2, 0) is 5.41 Å². The average Bonchev–Trinajstić information content (AvgIpc) is 3.43. The topological polar surface area (TPSA) is 51.6 Å². The van der Waals surface area contributed by atoms with Crippen molar-refractivity contribution in [3.8, 4) is 78.7 Å². The van der Waals surface area contributed by atoms with E-state index in [1.54, 1.807) is 0 Å². The smallest absolute Gasteiger partial charge is 0.160 e. The summed E-state index contributed by atoms with van der Waals surface area (Å²) in [6.07, 6.45) is 0. The number of aromatic nitrogens is 4. The van der Waals surface area contributed by atoms with Gasteiger partial charge in [-0.2, -0.15) is 0 Å². The fraction of sp³-hybridized carbons (Fsp3) is 0.102. The zero-order valence-corrected chi connectivity index (χ0v) is 30.3. The molecule has 2 aromatic heterocycles. The predicted octanol–water partition coefficient (Wildman–Crippen LogP) is 12.2. The molecule has 6 aromatic carbocycles. The SMILES string of the molecule is Cc1cc(C)nc(-c2cccc(-c3cc(-c4ccc5c(c4)-c4ccccc4C5(C)C)cc(-c4nc(-c5ccccc5)cc(-c5ccccc5)n4)c3)c2)n1. The summed E-state index contributed by atoms with van der Waals surface area (Å²) in [5, 5.41) is 0. The van der Waals surface area contributed by atoms with Crippen LogP contribution in [0, 0.1) is 13.8 Å². The molecular formula is C49H38N4. The molecular weight excluding hydrogens is 645 g/mol. The number of fused-ring (bicyclic) bond motifs is 3. The van der Waals surface area contributed by atoms with Crippen molar-refractivity contribution in [3.05, 3.63) is 180 Å². The van der Waals surface area contributed by atoms with Crippen LogP contribution in [0.25, 0.3) is 78.7 Å². The first-order valence-corrected chi connectivity index (χ1v) is 18.1. The Morgan fingerprint density at radius 2 is 0.830 bits per heavy atom. The van der Waals surface area contributed by atoms with E-state index in [2.05, 4.69) is 153 Å². The summed E-state index contributed by atoms with van der Waals surface area (Å²) in [5.41, 5.74) is 17.3. The van der Waals surface area contributed by atoms with Gasteiger partial charge >= 0.3 is 0 Å². The minimum Gasteiger partial charge on any atom is -0.233 e. The molecule has 9 rings (SSSR count). The molecule has 0 saturated carbocycles. The molecule has 0 atom stereocenters. The molecule has 0 radical (unpaired) electrons. The Labute approximate surface area is 311 Å². The molecule has 4 nitrogen and oxygen atoms in total. The zero-order valence-electron chi connectivity index (χ0n) is 30.3. The van der Waals surface area contributed by atoms with Crippen LogP contribution in [0.1, 0.15) is 36.4 Å². The van der Waals surface area contributed by atoms with Gasteiger partial charge in [0, 0.05) is 39.1 Å². The third kappa shape index (κ3) is 6.02. The van der Waals surface area contributed by atoms with E-state index < -0.39 is 0 Å². The lowest BCUT2D eigenvalue weighted by Gasteiger charge is -2.21. The van der Waals surface area contributed by atoms with Crippen LogP contribution in [0.2, 0.25) is 0 Å². The van der Waals surface area contributed by atoms with Gasteiger partial charge in [0.25, 0.3) is 0 Å². The van der Waals surface area contributed by atoms with Crippen molar-refractivity contribution in [2.75, 3.05) is 0 Å². The second-order valence-corrected chi connectivity index (χ2v) is 14.5. The van der Waals surface area contributed by atoms with Crippen LogP contribution >= 0.6 is 0 Å². The van der Waals surface area contributed by atoms with E-state index in [-0.39, 0.29) is 5.41 Å². The molecule has 0 N–H and O–H groups in total. The summed E-state index contributed by atoms with van der Waals surface area (Å²) in [4.78, 5) is 20.0. The summed E-state index contributed by atoms with van der Waals surface area (Å²) in [5.74, 6) is 1.40. The summed E-state index contributed by atoms with van der Waals surface area (Å²) in [7, 11) is 0. The summed E-state index contributed by atoms with van der Waals surface area (Å²) < 4.78 is 0. The third-order valence-electron chi connectivity index (χ3n) is 10.4. The number of benzene rings is 6. The standard InChI is InChI=1S/C49H38N4/c1-31-24-32(2)51-47(50-31)37-19-13-18-35(25-37)38-26-39(36-22-23-44-42(29-36)41-20-11-12-21-43(41)49(44,3)4)28-40(27-38)48-52-45(33-14-7-5-8-15-33)30-46(53-48)34-16-9-6-10-17-34/h5-30H,1-4H3. The first-order chi connectivity index (χ1) is 25.8. The number of nitrogens with zero attached hydrogens (tertiary/aromatic N) is 4. The largest absolute Gasteiger partial charge is 0.233 e. The fourth-order valence-electron chi connectivity index (χ4n) is 7.77. The Balaban J connectivity index is 1.26. The van der Waals surface area contributed by atoms with Gasteiger partial charge in [-0.1, -0.05) is 129 Å². The van der Waals surface area contributed by atoms with Crippen LogP contribution in [0.5, 0.6) is 0 Å². The lowest BCUT2D eigenvalue weighted by atomic mass is 9.82. The lowest BCUT2D eigenvalue weighted by Crippen LogP contribution is -2.14. The molecule has 0 bridgehead atoms. The average molecular weight is 683 g/mol. The third-order valence-corrected chi connectivity index (χ3v) is 10.4. The molecule has 0 unspecified atom stereocenters. The molecule has 53 heavy (non-hydrogen) atoms. The quantitative estimate of drug-likeness (QED) is 0.175. The van der Waals surface area contributed by atoms with Gasteiger partial charge in [0.1, 0.15) is 0 Å². The van der Waals surface area contributed by atoms with Gasteiger partial charge < -0.3 is 0 Å². The monoisotopic (exact) mass is 682 g/mol. The Hall–Kier alpha value is -6.52. The van der Waals surface area contributed by atoms with Gasteiger partial charge in [-0.3, -0.25) is 0 Å². The van der Waals surface area contributed by atoms with Crippen molar-refractivity contribution in [3.63, 3.8) is 0 Å². The van der Waals surface area contributed by atoms with E-state index in [9.17, 15) is 0 Å². The molecule has 0 amide bonds. The fourth-order valence-corrected chi connectivity index (χ4v) is 7.77. The van der Waals surface area contributed by atoms with E-state index in [0.717, 1.165) is 73.1 Å². The molecule has 8 aromatic rings. The van der Waals surface area contributed by atoms with Gasteiger partial charge in [-0.05, 0) is 101 Å². The van der Waals surface area contributed by atoms with Crippen LogP contribution in [0.3, 0.4) is 0 Å². The normalized spacial score (nSPS) is 12.7. The minimum absolute atomic E-state index is 0.0618. The highest BCUT2D eigenvalue weighted by Gasteiger charge is 2.35. The lowest BCUT2D eigenvalue weighted by molar-refractivity contribution is 0.660. The number of aryl methyl sites for hydroxylation is 2. The molecule has 0 saturated heterocycles. The zero-order chi connectivity index (χ0) is 36.1. The Kier molecular flexibility index (Phi) is 7.89. The number of hydrogen-bond acceptors (Lipinski definition) is 4. The highest BCUT2D eigenvalue weighted by Crippen LogP contribution is 2.49. The molecule has 1 aliphatic carbocycles. The van der Waals surface area contributed by atoms with Crippen molar-refractivity contribution >= 4 is 0 Å². The highest BCUT2D eigenvalue weighted by molar-refractivity contribution is 5.87. The van der Waals surface area contributed by atoms with Crippen molar-refractivity contribution in [1.29, 1.82) is 0 Å². The Bertz CT molecular complexity index is 2580. The van der Waals surface area contributed by atoms with Crippen LogP contribution in [0.4, 0.5) is 0 Å². The number of rotatable bonds is 6. The van der Waals surface area contributed by atoms with Crippen LogP contribution < -0.4 is 0 Å². The van der Waals surface area contributed by atoms with Crippen molar-refractivity contribution < 1.29 is 0 Å². The first-order valence-electron chi connectivity index (χ1n) is 18.1. The van der Waals surface area contributed by atoms with Crippen LogP contribution in [-0.4, -0.2) is 19.9 Å². The number of hydrogen-bond donors (Lipinski definition) is 0. The van der Waals surface area contributed by atoms with Gasteiger partial charge in [0.05, 0.1) is 11.4 Å². The predicted molar refractivity (Wildman–Crippen MR) is 217 cm³/mol. The maximum Gasteiger partial charge on any atom is 0.160 e. The van der Waals surface area contributed by atoms with E-state index in [1.807, 2.05) is 32.0 Å². The second kappa shape index (κ2) is 12.9. The van der Waals surface area contributed by atoms with Crippen molar-refractivity contribution in [1.82, 2.24) is 19.9 Å². The maximum atomic E-state index is 5.23. The van der Waals surface area contributed by atoms with Crippen molar-refractivity contribution in [2.45, 2.75) is 33.1 Å². The van der Waals surface area contributed by atoms with Gasteiger partial charge in [-0.25, -0.2) is 19.9 Å². The second-order valence-electron chi connectivity index (χ2n) is 14.5. The van der Waals surface area contributed by atoms with E-state index >= 15 is 0 Å². The molecule has 2 heterocycles. The molecule has 0 fully saturated rings. The Morgan fingerprint density at radius 3 is 1.49 bits per heavy atom. The molecule has 254 valence electrons. The summed E-state index contributed by atoms with van der Waals surface area (Å²) >= 11 is 0. The minimum atomic E-state index is -0.0618. The van der Waals surface area contributed by atoms with Gasteiger partial charge in [-0.15, -0.1) is 0 Å². The molecule has 0 spiro atoms. The molecule has 4 heteroatoms. The van der Waals surface area contributed by atoms with E-state index in [1.165, 1.54) is 22.3 Å². The highest BCUT2D eigenvalue weighted by atomic mass is 14.9. The van der Waals surface area contributed by atoms with Crippen molar-refractivity contribution in [2.24, 2.45) is 0 Å². The van der Waals surface area contributed by atoms with Gasteiger partial charge in [0.15, 0.2) is 11.6 Å². The summed E-state index contributed by atoms with van der Waals surface area (Å²) in [6, 6.07) is 55.8. The molecule has 1 aliphatic rings. The summed E-state index contributed by atoms with van der Waals surface area (Å²) in [6.45, 7) is 8.68. The van der Waals surface area contributed by atoms with Crippen LogP contribution in [0.15, 0.2) is 158 Å². The van der Waals surface area contributed by atoms with Gasteiger partial charge in [0.2, 0.25) is 0 Å².